The molecule has 10 N–H and O–H groups in total. The standard InChI is InChI=1S/C43H60N10O7/c1-27(54)48-34(25-28-13-4-2-5-14-28)39(57)51-33-20-11-22-46-38(56)32(19-10-23-47-43(44)45)50-37(55)30-17-8-9-18-31(30)49-40(58)35(26-29-15-6-3-7-16-29)52-41(59)36-21-12-24-53(36)42(33)60/h2-7,13-16,30-36H,8-12,17-26H2,1H3,(H,46,56)(H,48,54)(H,49,58)(H,50,55)(H,51,57)(H,52,59)(H4,44,45,47)/t30?,31?,32-,33-,34-,35+,36-/m0/s1. The Labute approximate surface area is 351 Å². The summed E-state index contributed by atoms with van der Waals surface area (Å²) in [5, 5.41) is 27.5. The predicted molar refractivity (Wildman–Crippen MR) is 224 cm³/mol. The maximum Gasteiger partial charge on any atom is 0.245 e. The molecule has 324 valence electrons. The van der Waals surface area contributed by atoms with Gasteiger partial charge < -0.3 is 47.9 Å². The molecule has 2 aromatic rings. The van der Waals surface area contributed by atoms with Gasteiger partial charge in [-0.1, -0.05) is 73.5 Å². The van der Waals surface area contributed by atoms with Gasteiger partial charge in [0.05, 0.1) is 5.92 Å². The minimum Gasteiger partial charge on any atom is -0.370 e. The fraction of sp³-hybridized carbons (Fsp3) is 0.535. The first kappa shape index (κ1) is 45.1. The zero-order chi connectivity index (χ0) is 43.0. The third kappa shape index (κ3) is 13.3. The van der Waals surface area contributed by atoms with E-state index in [1.807, 2.05) is 60.7 Å². The molecule has 60 heavy (non-hydrogen) atoms. The van der Waals surface area contributed by atoms with E-state index in [0.717, 1.165) is 24.0 Å². The molecule has 2 aliphatic heterocycles. The van der Waals surface area contributed by atoms with Crippen molar-refractivity contribution in [2.45, 2.75) is 120 Å². The van der Waals surface area contributed by atoms with E-state index >= 15 is 0 Å². The number of nitrogens with zero attached hydrogens (tertiary/aromatic N) is 1. The highest BCUT2D eigenvalue weighted by Crippen LogP contribution is 2.26. The Bertz CT molecular complexity index is 1830. The number of nitrogens with two attached hydrogens (primary N) is 1. The maximum absolute atomic E-state index is 14.5. The maximum atomic E-state index is 14.5. The number of carbonyl (C=O) groups excluding carboxylic acids is 7. The molecule has 0 bridgehead atoms. The predicted octanol–water partition coefficient (Wildman–Crippen LogP) is 0.270. The average molecular weight is 829 g/mol. The molecule has 3 aliphatic rings. The molecular formula is C43H60N10O7. The van der Waals surface area contributed by atoms with Crippen LogP contribution >= 0.6 is 0 Å². The molecule has 3 fully saturated rings. The number of nitrogens with one attached hydrogen (secondary N) is 8. The van der Waals surface area contributed by atoms with Gasteiger partial charge in [-0.3, -0.25) is 39.0 Å². The van der Waals surface area contributed by atoms with E-state index in [1.54, 1.807) is 0 Å². The molecule has 17 nitrogen and oxygen atoms in total. The van der Waals surface area contributed by atoms with E-state index in [-0.39, 0.29) is 57.1 Å². The molecule has 2 unspecified atom stereocenters. The zero-order valence-corrected chi connectivity index (χ0v) is 34.3. The fourth-order valence-corrected chi connectivity index (χ4v) is 8.28. The topological polar surface area (TPSA) is 257 Å². The lowest BCUT2D eigenvalue weighted by Crippen LogP contribution is -2.59. The van der Waals surface area contributed by atoms with Gasteiger partial charge in [-0.15, -0.1) is 0 Å². The number of carbonyl (C=O) groups is 7. The highest BCUT2D eigenvalue weighted by molar-refractivity contribution is 5.96. The normalized spacial score (nSPS) is 24.9. The van der Waals surface area contributed by atoms with Crippen molar-refractivity contribution >= 4 is 47.3 Å². The van der Waals surface area contributed by atoms with Gasteiger partial charge in [0.2, 0.25) is 41.4 Å². The van der Waals surface area contributed by atoms with Crippen LogP contribution in [-0.2, 0) is 46.4 Å². The SMILES string of the molecule is CC(=O)N[C@@H](Cc1ccccc1)C(=O)N[C@H]1CCCNC(=O)[C@H](CCCNC(=N)N)NC(=O)C2CCCCC2NC(=O)[C@@H](Cc2ccccc2)NC(=O)[C@@H]2CCCN2C1=O. The Morgan fingerprint density at radius 1 is 0.800 bits per heavy atom. The summed E-state index contributed by atoms with van der Waals surface area (Å²) >= 11 is 0. The Hall–Kier alpha value is -6.00. The number of amides is 7. The molecular weight excluding hydrogens is 769 g/mol. The van der Waals surface area contributed by atoms with Gasteiger partial charge in [0.25, 0.3) is 0 Å². The zero-order valence-electron chi connectivity index (χ0n) is 34.3. The van der Waals surface area contributed by atoms with Crippen LogP contribution in [0.1, 0.15) is 82.3 Å². The van der Waals surface area contributed by atoms with E-state index in [0.29, 0.717) is 38.6 Å². The first-order chi connectivity index (χ1) is 28.9. The van der Waals surface area contributed by atoms with E-state index in [4.69, 9.17) is 11.1 Å². The summed E-state index contributed by atoms with van der Waals surface area (Å²) in [5.74, 6) is -4.15. The molecule has 0 radical (unpaired) electrons. The molecule has 2 heterocycles. The Morgan fingerprint density at radius 2 is 1.48 bits per heavy atom. The Balaban J connectivity index is 1.44. The molecule has 1 aliphatic carbocycles. The second-order valence-electron chi connectivity index (χ2n) is 15.9. The third-order valence-electron chi connectivity index (χ3n) is 11.4. The van der Waals surface area contributed by atoms with Gasteiger partial charge in [-0.25, -0.2) is 0 Å². The average Bonchev–Trinajstić information content (AvgIpc) is 3.73. The van der Waals surface area contributed by atoms with Crippen molar-refractivity contribution in [2.24, 2.45) is 11.7 Å². The molecule has 17 heteroatoms. The van der Waals surface area contributed by atoms with E-state index < -0.39 is 77.6 Å². The molecule has 2 aromatic carbocycles. The van der Waals surface area contributed by atoms with Crippen molar-refractivity contribution in [2.75, 3.05) is 19.6 Å². The van der Waals surface area contributed by atoms with Crippen LogP contribution in [0.3, 0.4) is 0 Å². The van der Waals surface area contributed by atoms with Crippen LogP contribution in [0, 0.1) is 11.3 Å². The van der Waals surface area contributed by atoms with Crippen molar-refractivity contribution < 1.29 is 33.6 Å². The van der Waals surface area contributed by atoms with Gasteiger partial charge in [-0.05, 0) is 62.5 Å². The van der Waals surface area contributed by atoms with Crippen molar-refractivity contribution in [3.05, 3.63) is 71.8 Å². The molecule has 0 spiro atoms. The van der Waals surface area contributed by atoms with E-state index in [2.05, 4.69) is 37.2 Å². The summed E-state index contributed by atoms with van der Waals surface area (Å²) in [6, 6.07) is 12.8. The summed E-state index contributed by atoms with van der Waals surface area (Å²) in [7, 11) is 0. The number of guanidine groups is 1. The van der Waals surface area contributed by atoms with Crippen LogP contribution in [0.5, 0.6) is 0 Å². The van der Waals surface area contributed by atoms with Gasteiger partial charge in [-0.2, -0.15) is 0 Å². The van der Waals surface area contributed by atoms with Crippen molar-refractivity contribution in [1.82, 2.24) is 42.1 Å². The third-order valence-corrected chi connectivity index (χ3v) is 11.4. The van der Waals surface area contributed by atoms with Crippen molar-refractivity contribution in [3.8, 4) is 0 Å². The van der Waals surface area contributed by atoms with Crippen LogP contribution in [0.2, 0.25) is 0 Å². The lowest BCUT2D eigenvalue weighted by Gasteiger charge is -2.34. The number of hydrogen-bond acceptors (Lipinski definition) is 8. The highest BCUT2D eigenvalue weighted by atomic mass is 16.2. The van der Waals surface area contributed by atoms with Gasteiger partial charge >= 0.3 is 0 Å². The molecule has 1 saturated carbocycles. The van der Waals surface area contributed by atoms with Crippen LogP contribution in [0.25, 0.3) is 0 Å². The smallest absolute Gasteiger partial charge is 0.245 e. The second-order valence-corrected chi connectivity index (χ2v) is 15.9. The minimum atomic E-state index is -1.13. The van der Waals surface area contributed by atoms with Gasteiger partial charge in [0.1, 0.15) is 30.2 Å². The highest BCUT2D eigenvalue weighted by Gasteiger charge is 2.41. The summed E-state index contributed by atoms with van der Waals surface area (Å²) < 4.78 is 0. The molecule has 7 atom stereocenters. The molecule has 2 saturated heterocycles. The molecule has 7 amide bonds. The van der Waals surface area contributed by atoms with Crippen LogP contribution in [0.4, 0.5) is 0 Å². The summed E-state index contributed by atoms with van der Waals surface area (Å²) in [6.45, 7) is 1.95. The van der Waals surface area contributed by atoms with E-state index in [1.165, 1.54) is 11.8 Å². The van der Waals surface area contributed by atoms with Crippen LogP contribution < -0.4 is 43.0 Å². The number of fused-ring (bicyclic) bond motifs is 2. The molecule has 5 rings (SSSR count). The summed E-state index contributed by atoms with van der Waals surface area (Å²) in [5.41, 5.74) is 7.04. The fourth-order valence-electron chi connectivity index (χ4n) is 8.28. The number of benzene rings is 2. The van der Waals surface area contributed by atoms with Crippen LogP contribution in [0.15, 0.2) is 60.7 Å². The van der Waals surface area contributed by atoms with Gasteiger partial charge in [0.15, 0.2) is 5.96 Å². The summed E-state index contributed by atoms with van der Waals surface area (Å²) in [4.78, 5) is 98.1. The van der Waals surface area contributed by atoms with Gasteiger partial charge in [0, 0.05) is 45.4 Å². The van der Waals surface area contributed by atoms with E-state index in [9.17, 15) is 33.6 Å². The minimum absolute atomic E-state index is 0.0795. The summed E-state index contributed by atoms with van der Waals surface area (Å²) in [6.07, 6.45) is 4.69. The second kappa shape index (κ2) is 22.4. The monoisotopic (exact) mass is 828 g/mol. The largest absolute Gasteiger partial charge is 0.370 e. The van der Waals surface area contributed by atoms with Crippen molar-refractivity contribution in [3.63, 3.8) is 0 Å². The lowest BCUT2D eigenvalue weighted by atomic mass is 9.83. The van der Waals surface area contributed by atoms with Crippen molar-refractivity contribution in [1.29, 1.82) is 5.41 Å². The Kier molecular flexibility index (Phi) is 16.8. The number of hydrogen-bond donors (Lipinski definition) is 9. The Morgan fingerprint density at radius 3 is 2.18 bits per heavy atom. The van der Waals surface area contributed by atoms with Crippen LogP contribution in [-0.4, -0.2) is 108 Å². The molecule has 0 aromatic heterocycles. The first-order valence-electron chi connectivity index (χ1n) is 21.1. The lowest BCUT2D eigenvalue weighted by molar-refractivity contribution is -0.142. The first-order valence-corrected chi connectivity index (χ1v) is 21.1. The quantitative estimate of drug-likeness (QED) is 0.0855. The number of rotatable bonds is 11.